The minimum atomic E-state index is 0.0439. The van der Waals surface area contributed by atoms with Crippen LogP contribution in [0.15, 0.2) is 24.3 Å². The van der Waals surface area contributed by atoms with E-state index in [4.69, 9.17) is 0 Å². The van der Waals surface area contributed by atoms with E-state index in [0.717, 1.165) is 24.9 Å². The van der Waals surface area contributed by atoms with Crippen molar-refractivity contribution in [2.24, 2.45) is 0 Å². The zero-order chi connectivity index (χ0) is 15.5. The smallest absolute Gasteiger partial charge is 0.237 e. The second-order valence-electron chi connectivity index (χ2n) is 6.36. The summed E-state index contributed by atoms with van der Waals surface area (Å²) in [5.41, 5.74) is 2.37. The van der Waals surface area contributed by atoms with Crippen LogP contribution in [0, 0.1) is 6.92 Å². The number of rotatable bonds is 5. The van der Waals surface area contributed by atoms with Gasteiger partial charge in [0.2, 0.25) is 11.8 Å². The highest BCUT2D eigenvalue weighted by atomic mass is 16.2. The molecule has 1 N–H and O–H groups in total. The molecular weight excluding hydrogens is 278 g/mol. The second kappa shape index (κ2) is 6.48. The van der Waals surface area contributed by atoms with E-state index in [1.165, 1.54) is 5.56 Å². The zero-order valence-electron chi connectivity index (χ0n) is 13.0. The van der Waals surface area contributed by atoms with E-state index in [2.05, 4.69) is 30.4 Å². The second-order valence-corrected chi connectivity index (χ2v) is 6.36. The van der Waals surface area contributed by atoms with Gasteiger partial charge in [0.1, 0.15) is 0 Å². The Kier molecular flexibility index (Phi) is 4.43. The summed E-state index contributed by atoms with van der Waals surface area (Å²) >= 11 is 0. The summed E-state index contributed by atoms with van der Waals surface area (Å²) in [5.74, 6) is 0.148. The fourth-order valence-electron chi connectivity index (χ4n) is 2.79. The molecule has 5 nitrogen and oxygen atoms in total. The maximum atomic E-state index is 12.3. The molecule has 0 aromatic heterocycles. The summed E-state index contributed by atoms with van der Waals surface area (Å²) in [7, 11) is 0. The fraction of sp³-hybridized carbons (Fsp3) is 0.529. The highest BCUT2D eigenvalue weighted by molar-refractivity contribution is 5.82. The highest BCUT2D eigenvalue weighted by Crippen LogP contribution is 2.18. The third-order valence-corrected chi connectivity index (χ3v) is 4.16. The molecule has 1 aromatic rings. The Bertz CT molecular complexity index is 569. The van der Waals surface area contributed by atoms with Crippen LogP contribution < -0.4 is 5.32 Å². The summed E-state index contributed by atoms with van der Waals surface area (Å²) in [6.45, 7) is 4.83. The van der Waals surface area contributed by atoms with Gasteiger partial charge in [-0.15, -0.1) is 0 Å². The molecule has 0 spiro atoms. The molecule has 2 amide bonds. The number of benzene rings is 1. The van der Waals surface area contributed by atoms with E-state index in [-0.39, 0.29) is 11.8 Å². The molecule has 2 fully saturated rings. The molecule has 1 aromatic carbocycles. The first-order valence-corrected chi connectivity index (χ1v) is 7.95. The lowest BCUT2D eigenvalue weighted by molar-refractivity contribution is -0.137. The number of nitrogens with zero attached hydrogens (tertiary/aromatic N) is 2. The van der Waals surface area contributed by atoms with Crippen LogP contribution in [0.2, 0.25) is 0 Å². The van der Waals surface area contributed by atoms with Crippen LogP contribution in [-0.2, 0) is 16.1 Å². The van der Waals surface area contributed by atoms with Crippen molar-refractivity contribution in [3.8, 4) is 0 Å². The van der Waals surface area contributed by atoms with Gasteiger partial charge in [-0.05, 0) is 25.3 Å². The summed E-state index contributed by atoms with van der Waals surface area (Å²) in [4.78, 5) is 27.9. The Labute approximate surface area is 131 Å². The van der Waals surface area contributed by atoms with E-state index in [9.17, 15) is 9.59 Å². The number of aryl methyl sites for hydroxylation is 1. The van der Waals surface area contributed by atoms with Crippen molar-refractivity contribution in [3.05, 3.63) is 35.4 Å². The van der Waals surface area contributed by atoms with Gasteiger partial charge < -0.3 is 10.2 Å². The molecule has 1 aliphatic carbocycles. The first-order chi connectivity index (χ1) is 10.6. The Hall–Kier alpha value is -1.88. The van der Waals surface area contributed by atoms with Gasteiger partial charge in [0.25, 0.3) is 0 Å². The molecule has 118 valence electrons. The lowest BCUT2D eigenvalue weighted by Gasteiger charge is -2.34. The molecule has 0 unspecified atom stereocenters. The van der Waals surface area contributed by atoms with E-state index < -0.39 is 0 Å². The Morgan fingerprint density at radius 1 is 1.32 bits per heavy atom. The van der Waals surface area contributed by atoms with Crippen molar-refractivity contribution in [1.82, 2.24) is 15.1 Å². The fourth-order valence-corrected chi connectivity index (χ4v) is 2.79. The minimum absolute atomic E-state index is 0.0439. The average Bonchev–Trinajstić information content (AvgIpc) is 3.26. The van der Waals surface area contributed by atoms with Crippen LogP contribution in [0.5, 0.6) is 0 Å². The first-order valence-electron chi connectivity index (χ1n) is 7.95. The summed E-state index contributed by atoms with van der Waals surface area (Å²) in [5, 5.41) is 2.97. The van der Waals surface area contributed by atoms with Gasteiger partial charge in [0, 0.05) is 25.7 Å². The monoisotopic (exact) mass is 301 g/mol. The summed E-state index contributed by atoms with van der Waals surface area (Å²) in [6, 6.07) is 8.62. The van der Waals surface area contributed by atoms with Crippen LogP contribution in [0.4, 0.5) is 0 Å². The average molecular weight is 301 g/mol. The van der Waals surface area contributed by atoms with Crippen molar-refractivity contribution in [1.29, 1.82) is 0 Å². The number of nitrogens with one attached hydrogen (secondary N) is 1. The van der Waals surface area contributed by atoms with Crippen LogP contribution in [0.25, 0.3) is 0 Å². The number of hydrogen-bond acceptors (Lipinski definition) is 3. The van der Waals surface area contributed by atoms with E-state index in [1.54, 1.807) is 0 Å². The quantitative estimate of drug-likeness (QED) is 0.880. The van der Waals surface area contributed by atoms with Gasteiger partial charge >= 0.3 is 0 Å². The number of hydrogen-bond donors (Lipinski definition) is 1. The Morgan fingerprint density at radius 3 is 2.82 bits per heavy atom. The Balaban J connectivity index is 1.49. The molecule has 1 aliphatic heterocycles. The minimum Gasteiger partial charge on any atom is -0.352 e. The molecule has 22 heavy (non-hydrogen) atoms. The van der Waals surface area contributed by atoms with E-state index >= 15 is 0 Å². The van der Waals surface area contributed by atoms with Gasteiger partial charge in [-0.1, -0.05) is 29.8 Å². The SMILES string of the molecule is Cc1cccc(CN2CCN(CC(=O)NC3CC3)CC2=O)c1. The first kappa shape index (κ1) is 15.0. The van der Waals surface area contributed by atoms with Crippen molar-refractivity contribution in [2.45, 2.75) is 32.4 Å². The molecule has 5 heteroatoms. The predicted octanol–water partition coefficient (Wildman–Crippen LogP) is 0.918. The number of amides is 2. The van der Waals surface area contributed by atoms with Gasteiger partial charge in [0.05, 0.1) is 13.1 Å². The van der Waals surface area contributed by atoms with Gasteiger partial charge in [0.15, 0.2) is 0 Å². The predicted molar refractivity (Wildman–Crippen MR) is 84.2 cm³/mol. The molecule has 1 heterocycles. The van der Waals surface area contributed by atoms with Crippen molar-refractivity contribution in [3.63, 3.8) is 0 Å². The molecular formula is C17H23N3O2. The van der Waals surface area contributed by atoms with Crippen LogP contribution in [0.3, 0.4) is 0 Å². The molecule has 2 aliphatic rings. The highest BCUT2D eigenvalue weighted by Gasteiger charge is 2.27. The van der Waals surface area contributed by atoms with E-state index in [0.29, 0.717) is 32.2 Å². The number of piperazine rings is 1. The summed E-state index contributed by atoms with van der Waals surface area (Å²) < 4.78 is 0. The third-order valence-electron chi connectivity index (χ3n) is 4.16. The van der Waals surface area contributed by atoms with Crippen LogP contribution >= 0.6 is 0 Å². The summed E-state index contributed by atoms with van der Waals surface area (Å²) in [6.07, 6.45) is 2.18. The number of carbonyl (C=O) groups excluding carboxylic acids is 2. The molecule has 0 atom stereocenters. The maximum absolute atomic E-state index is 12.3. The number of carbonyl (C=O) groups is 2. The van der Waals surface area contributed by atoms with Gasteiger partial charge in [-0.25, -0.2) is 0 Å². The van der Waals surface area contributed by atoms with Crippen molar-refractivity contribution in [2.75, 3.05) is 26.2 Å². The van der Waals surface area contributed by atoms with Crippen LogP contribution in [-0.4, -0.2) is 53.8 Å². The van der Waals surface area contributed by atoms with Crippen LogP contribution in [0.1, 0.15) is 24.0 Å². The van der Waals surface area contributed by atoms with Gasteiger partial charge in [-0.2, -0.15) is 0 Å². The van der Waals surface area contributed by atoms with Gasteiger partial charge in [-0.3, -0.25) is 14.5 Å². The molecule has 1 saturated heterocycles. The standard InChI is InChI=1S/C17H23N3O2/c1-13-3-2-4-14(9-13)10-20-8-7-19(12-17(20)22)11-16(21)18-15-5-6-15/h2-4,9,15H,5-8,10-12H2,1H3,(H,18,21). The normalized spacial score (nSPS) is 19.3. The van der Waals surface area contributed by atoms with Crippen molar-refractivity contribution >= 4 is 11.8 Å². The largest absolute Gasteiger partial charge is 0.352 e. The molecule has 3 rings (SSSR count). The lowest BCUT2D eigenvalue weighted by atomic mass is 10.1. The maximum Gasteiger partial charge on any atom is 0.237 e. The lowest BCUT2D eigenvalue weighted by Crippen LogP contribution is -2.52. The zero-order valence-corrected chi connectivity index (χ0v) is 13.0. The Morgan fingerprint density at radius 2 is 2.14 bits per heavy atom. The van der Waals surface area contributed by atoms with Crippen molar-refractivity contribution < 1.29 is 9.59 Å². The topological polar surface area (TPSA) is 52.6 Å². The molecule has 1 saturated carbocycles. The van der Waals surface area contributed by atoms with E-state index in [1.807, 2.05) is 15.9 Å². The molecule has 0 bridgehead atoms. The third kappa shape index (κ3) is 4.07. The molecule has 0 radical (unpaired) electrons.